The quantitative estimate of drug-likeness (QED) is 0.0820. The second-order valence-corrected chi connectivity index (χ2v) is 12.1. The SMILES string of the molecule is C#C[C@]1(COC(=O)C(C)C)O[C@@H](n2cnc3c(NC(=O)c4ccccc4COC(=O)CCCCC)nc(F)nc32)C[C@@H]1OC(=O)C(C)C. The van der Waals surface area contributed by atoms with Crippen LogP contribution in [0.2, 0.25) is 0 Å². The second-order valence-electron chi connectivity index (χ2n) is 12.1. The van der Waals surface area contributed by atoms with E-state index < -0.39 is 60.3 Å². The number of nitrogens with one attached hydrogen (secondary N) is 1. The fourth-order valence-corrected chi connectivity index (χ4v) is 4.95. The Bertz CT molecular complexity index is 1700. The van der Waals surface area contributed by atoms with Gasteiger partial charge in [0.25, 0.3) is 5.91 Å². The van der Waals surface area contributed by atoms with Gasteiger partial charge in [0.05, 0.1) is 18.2 Å². The summed E-state index contributed by atoms with van der Waals surface area (Å²) in [5, 5.41) is 2.59. The number of halogens is 1. The molecule has 14 heteroatoms. The summed E-state index contributed by atoms with van der Waals surface area (Å²) in [6, 6.07) is 6.53. The number of amides is 1. The van der Waals surface area contributed by atoms with E-state index in [0.29, 0.717) is 12.0 Å². The highest BCUT2D eigenvalue weighted by molar-refractivity contribution is 6.07. The fourth-order valence-electron chi connectivity index (χ4n) is 4.95. The van der Waals surface area contributed by atoms with Crippen LogP contribution in [0.15, 0.2) is 30.6 Å². The van der Waals surface area contributed by atoms with Crippen LogP contribution in [-0.4, -0.2) is 61.6 Å². The van der Waals surface area contributed by atoms with Crippen molar-refractivity contribution in [1.29, 1.82) is 0 Å². The van der Waals surface area contributed by atoms with E-state index in [1.165, 1.54) is 10.9 Å². The first kappa shape index (κ1) is 35.9. The Hall–Kier alpha value is -4.90. The van der Waals surface area contributed by atoms with Gasteiger partial charge in [-0.05, 0) is 12.5 Å². The van der Waals surface area contributed by atoms with Gasteiger partial charge < -0.3 is 24.3 Å². The van der Waals surface area contributed by atoms with Gasteiger partial charge in [0, 0.05) is 24.0 Å². The van der Waals surface area contributed by atoms with Gasteiger partial charge in [0.2, 0.25) is 5.60 Å². The molecule has 3 atom stereocenters. The summed E-state index contributed by atoms with van der Waals surface area (Å²) in [7, 11) is 0. The van der Waals surface area contributed by atoms with Crippen molar-refractivity contribution in [3.8, 4) is 12.3 Å². The maximum absolute atomic E-state index is 14.9. The minimum Gasteiger partial charge on any atom is -0.461 e. The predicted octanol–water partition coefficient (Wildman–Crippen LogP) is 4.90. The lowest BCUT2D eigenvalue weighted by Crippen LogP contribution is -2.46. The molecule has 0 saturated carbocycles. The van der Waals surface area contributed by atoms with Crippen LogP contribution in [0.4, 0.5) is 10.2 Å². The Balaban J connectivity index is 1.59. The molecule has 0 spiro atoms. The molecule has 0 bridgehead atoms. The molecule has 13 nitrogen and oxygen atoms in total. The third-order valence-electron chi connectivity index (χ3n) is 7.73. The summed E-state index contributed by atoms with van der Waals surface area (Å²) in [6.45, 7) is 8.13. The molecule has 0 aliphatic carbocycles. The average molecular weight is 666 g/mol. The van der Waals surface area contributed by atoms with Crippen LogP contribution in [-0.2, 0) is 39.9 Å². The molecule has 1 aromatic carbocycles. The number of ether oxygens (including phenoxy) is 4. The maximum atomic E-state index is 14.9. The van der Waals surface area contributed by atoms with E-state index in [2.05, 4.69) is 26.2 Å². The van der Waals surface area contributed by atoms with Crippen LogP contribution in [0.1, 0.15) is 88.9 Å². The monoisotopic (exact) mass is 665 g/mol. The first-order chi connectivity index (χ1) is 22.9. The lowest BCUT2D eigenvalue weighted by Gasteiger charge is -2.29. The number of terminal acetylenes is 1. The molecule has 3 heterocycles. The Morgan fingerprint density at radius 1 is 1.10 bits per heavy atom. The zero-order valence-electron chi connectivity index (χ0n) is 27.7. The molecular formula is C34H40FN5O8. The Morgan fingerprint density at radius 3 is 2.52 bits per heavy atom. The maximum Gasteiger partial charge on any atom is 0.312 e. The second kappa shape index (κ2) is 15.8. The number of esters is 3. The van der Waals surface area contributed by atoms with Crippen molar-refractivity contribution in [2.75, 3.05) is 11.9 Å². The number of fused-ring (bicyclic) bond motifs is 1. The van der Waals surface area contributed by atoms with Crippen molar-refractivity contribution in [3.63, 3.8) is 0 Å². The number of hydrogen-bond acceptors (Lipinski definition) is 11. The number of unbranched alkanes of at least 4 members (excludes halogenated alkanes) is 2. The molecule has 1 saturated heterocycles. The largest absolute Gasteiger partial charge is 0.461 e. The van der Waals surface area contributed by atoms with Gasteiger partial charge in [-0.25, -0.2) is 4.98 Å². The number of imidazole rings is 1. The van der Waals surface area contributed by atoms with E-state index in [1.54, 1.807) is 52.0 Å². The standard InChI is InChI=1S/C34H40FN5O8/c1-7-9-10-15-26(41)45-17-22-13-11-12-14-23(22)30(42)37-28-27-29(39-33(35)38-28)40(19-36-27)25-16-24(47-32(44)21(5)6)34(8-2,48-25)18-46-31(43)20(3)4/h2,11-14,19-21,24-25H,7,9-10,15-18H2,1,3-6H3,(H,37,38,39,42)/t24-,25+,34+/m0/s1. The molecule has 0 radical (unpaired) electrons. The molecule has 2 aromatic heterocycles. The summed E-state index contributed by atoms with van der Waals surface area (Å²) < 4.78 is 39.0. The summed E-state index contributed by atoms with van der Waals surface area (Å²) in [5.41, 5.74) is -1.04. The van der Waals surface area contributed by atoms with Gasteiger partial charge in [0.1, 0.15) is 25.5 Å². The van der Waals surface area contributed by atoms with Crippen molar-refractivity contribution in [2.24, 2.45) is 11.8 Å². The molecule has 1 fully saturated rings. The fraction of sp³-hybridized carbons (Fsp3) is 0.500. The summed E-state index contributed by atoms with van der Waals surface area (Å²) in [5.74, 6) is -0.728. The highest BCUT2D eigenvalue weighted by Gasteiger charge is 2.52. The minimum atomic E-state index is -1.66. The first-order valence-electron chi connectivity index (χ1n) is 15.9. The van der Waals surface area contributed by atoms with Crippen molar-refractivity contribution in [3.05, 3.63) is 47.8 Å². The third kappa shape index (κ3) is 8.32. The van der Waals surface area contributed by atoms with Gasteiger partial charge in [-0.15, -0.1) is 6.42 Å². The molecular weight excluding hydrogens is 625 g/mol. The van der Waals surface area contributed by atoms with Crippen molar-refractivity contribution in [1.82, 2.24) is 19.5 Å². The molecule has 0 unspecified atom stereocenters. The van der Waals surface area contributed by atoms with E-state index in [4.69, 9.17) is 25.4 Å². The summed E-state index contributed by atoms with van der Waals surface area (Å²) in [4.78, 5) is 62.4. The lowest BCUT2D eigenvalue weighted by molar-refractivity contribution is -0.170. The van der Waals surface area contributed by atoms with E-state index in [0.717, 1.165) is 12.8 Å². The van der Waals surface area contributed by atoms with Crippen molar-refractivity contribution < 1.29 is 42.5 Å². The van der Waals surface area contributed by atoms with Crippen LogP contribution in [0, 0.1) is 30.3 Å². The van der Waals surface area contributed by atoms with Crippen molar-refractivity contribution in [2.45, 2.75) is 91.3 Å². The van der Waals surface area contributed by atoms with Gasteiger partial charge in [-0.2, -0.15) is 14.4 Å². The number of carbonyl (C=O) groups is 4. The van der Waals surface area contributed by atoms with Gasteiger partial charge in [-0.1, -0.05) is 71.6 Å². The zero-order chi connectivity index (χ0) is 35.0. The number of hydrogen-bond donors (Lipinski definition) is 1. The summed E-state index contributed by atoms with van der Waals surface area (Å²) in [6.07, 6.45) is 6.87. The number of carbonyl (C=O) groups excluding carboxylic acids is 4. The summed E-state index contributed by atoms with van der Waals surface area (Å²) >= 11 is 0. The average Bonchev–Trinajstić information content (AvgIpc) is 3.64. The number of aromatic nitrogens is 4. The van der Waals surface area contributed by atoms with Crippen LogP contribution in [0.25, 0.3) is 11.2 Å². The van der Waals surface area contributed by atoms with Crippen LogP contribution in [0.3, 0.4) is 0 Å². The topological polar surface area (TPSA) is 161 Å². The molecule has 1 N–H and O–H groups in total. The van der Waals surface area contributed by atoms with E-state index >= 15 is 0 Å². The van der Waals surface area contributed by atoms with Gasteiger partial charge in [-0.3, -0.25) is 23.7 Å². The smallest absolute Gasteiger partial charge is 0.312 e. The number of anilines is 1. The Kier molecular flexibility index (Phi) is 11.8. The number of rotatable bonds is 14. The molecule has 4 rings (SSSR count). The molecule has 256 valence electrons. The molecule has 1 amide bonds. The molecule has 3 aromatic rings. The van der Waals surface area contributed by atoms with E-state index in [-0.39, 0.29) is 48.0 Å². The van der Waals surface area contributed by atoms with Crippen LogP contribution < -0.4 is 5.32 Å². The molecule has 48 heavy (non-hydrogen) atoms. The number of benzene rings is 1. The lowest BCUT2D eigenvalue weighted by atomic mass is 9.98. The normalized spacial score (nSPS) is 18.9. The van der Waals surface area contributed by atoms with E-state index in [1.807, 2.05) is 6.92 Å². The van der Waals surface area contributed by atoms with Gasteiger partial charge in [0.15, 0.2) is 17.0 Å². The molecule has 1 aliphatic rings. The Morgan fingerprint density at radius 2 is 1.83 bits per heavy atom. The van der Waals surface area contributed by atoms with Crippen LogP contribution in [0.5, 0.6) is 0 Å². The highest BCUT2D eigenvalue weighted by Crippen LogP contribution is 2.40. The third-order valence-corrected chi connectivity index (χ3v) is 7.73. The molecule has 1 aliphatic heterocycles. The zero-order valence-corrected chi connectivity index (χ0v) is 27.7. The van der Waals surface area contributed by atoms with Crippen LogP contribution >= 0.6 is 0 Å². The Labute approximate surface area is 277 Å². The van der Waals surface area contributed by atoms with E-state index in [9.17, 15) is 23.6 Å². The van der Waals surface area contributed by atoms with Crippen molar-refractivity contribution >= 4 is 40.8 Å². The minimum absolute atomic E-state index is 0.00873. The predicted molar refractivity (Wildman–Crippen MR) is 170 cm³/mol. The van der Waals surface area contributed by atoms with Gasteiger partial charge >= 0.3 is 24.0 Å². The number of nitrogens with zero attached hydrogens (tertiary/aromatic N) is 4. The first-order valence-corrected chi connectivity index (χ1v) is 15.9. The highest BCUT2D eigenvalue weighted by atomic mass is 19.1.